The van der Waals surface area contributed by atoms with Crippen molar-refractivity contribution in [3.63, 3.8) is 0 Å². The number of hydrogen-bond donors (Lipinski definition) is 2. The van der Waals surface area contributed by atoms with Gasteiger partial charge in [0.15, 0.2) is 0 Å². The molecule has 1 aliphatic rings. The molecule has 0 aliphatic heterocycles. The van der Waals surface area contributed by atoms with Gasteiger partial charge in [-0.2, -0.15) is 0 Å². The second-order valence-corrected chi connectivity index (χ2v) is 6.18. The first-order chi connectivity index (χ1) is 9.28. The smallest absolute Gasteiger partial charge is 0.107 e. The highest BCUT2D eigenvalue weighted by Gasteiger charge is 2.27. The van der Waals surface area contributed by atoms with Crippen LogP contribution in [0.3, 0.4) is 0 Å². The van der Waals surface area contributed by atoms with Crippen molar-refractivity contribution in [2.24, 2.45) is 5.73 Å². The summed E-state index contributed by atoms with van der Waals surface area (Å²) in [6.07, 6.45) is 4.02. The van der Waals surface area contributed by atoms with Gasteiger partial charge in [0, 0.05) is 29.7 Å². The number of aryl methyl sites for hydroxylation is 1. The number of nitrogens with zero attached hydrogens (tertiary/aromatic N) is 1. The quantitative estimate of drug-likeness (QED) is 0.900. The third-order valence-electron chi connectivity index (χ3n) is 3.71. The minimum absolute atomic E-state index is 0.163. The number of fused-ring (bicyclic) bond motifs is 1. The van der Waals surface area contributed by atoms with Gasteiger partial charge in [-0.15, -0.1) is 11.3 Å². The molecule has 1 aliphatic carbocycles. The number of hydrogen-bond acceptors (Lipinski definition) is 4. The largest absolute Gasteiger partial charge is 0.324 e. The maximum absolute atomic E-state index is 6.18. The van der Waals surface area contributed by atoms with Gasteiger partial charge in [0.1, 0.15) is 5.01 Å². The highest BCUT2D eigenvalue weighted by Crippen LogP contribution is 2.37. The van der Waals surface area contributed by atoms with Gasteiger partial charge >= 0.3 is 0 Å². The molecule has 2 aromatic rings. The van der Waals surface area contributed by atoms with Gasteiger partial charge in [0.2, 0.25) is 0 Å². The molecule has 3 rings (SSSR count). The van der Waals surface area contributed by atoms with Crippen LogP contribution in [0.25, 0.3) is 0 Å². The highest BCUT2D eigenvalue weighted by molar-refractivity contribution is 7.11. The van der Waals surface area contributed by atoms with Crippen LogP contribution in [-0.4, -0.2) is 4.98 Å². The summed E-state index contributed by atoms with van der Waals surface area (Å²) in [5, 5.41) is 4.75. The van der Waals surface area contributed by atoms with E-state index < -0.39 is 0 Å². The molecular formula is C15H19N3S. The molecule has 3 nitrogen and oxygen atoms in total. The maximum atomic E-state index is 6.18. The number of thiazole rings is 1. The molecule has 0 fully saturated rings. The molecule has 1 aromatic heterocycles. The summed E-state index contributed by atoms with van der Waals surface area (Å²) in [7, 11) is 0. The second-order valence-electron chi connectivity index (χ2n) is 4.98. The Hall–Kier alpha value is -1.23. The molecule has 0 saturated carbocycles. The summed E-state index contributed by atoms with van der Waals surface area (Å²) in [5.41, 5.74) is 8.81. The first-order valence-electron chi connectivity index (χ1n) is 6.79. The van der Waals surface area contributed by atoms with E-state index in [0.717, 1.165) is 24.4 Å². The van der Waals surface area contributed by atoms with E-state index in [-0.39, 0.29) is 6.04 Å². The zero-order valence-corrected chi connectivity index (χ0v) is 11.9. The Balaban J connectivity index is 1.68. The zero-order valence-electron chi connectivity index (χ0n) is 11.1. The molecule has 19 heavy (non-hydrogen) atoms. The van der Waals surface area contributed by atoms with E-state index in [1.165, 1.54) is 16.0 Å². The molecule has 1 aromatic carbocycles. The Morgan fingerprint density at radius 1 is 1.37 bits per heavy atom. The third kappa shape index (κ3) is 2.56. The lowest BCUT2D eigenvalue weighted by molar-refractivity contribution is 0.498. The van der Waals surface area contributed by atoms with Crippen LogP contribution in [0, 0.1) is 0 Å². The van der Waals surface area contributed by atoms with E-state index in [4.69, 9.17) is 5.73 Å². The van der Waals surface area contributed by atoms with Crippen molar-refractivity contribution in [2.75, 3.05) is 0 Å². The summed E-state index contributed by atoms with van der Waals surface area (Å²) in [6.45, 7) is 2.99. The van der Waals surface area contributed by atoms with Crippen LogP contribution in [0.5, 0.6) is 0 Å². The lowest BCUT2D eigenvalue weighted by Gasteiger charge is -2.12. The number of nitrogens with one attached hydrogen (secondary N) is 1. The van der Waals surface area contributed by atoms with Gasteiger partial charge < -0.3 is 11.1 Å². The van der Waals surface area contributed by atoms with Crippen molar-refractivity contribution in [1.29, 1.82) is 0 Å². The van der Waals surface area contributed by atoms with E-state index in [1.54, 1.807) is 11.3 Å². The number of benzene rings is 1. The van der Waals surface area contributed by atoms with Crippen LogP contribution in [0.1, 0.15) is 46.4 Å². The lowest BCUT2D eigenvalue weighted by atomic mass is 10.1. The van der Waals surface area contributed by atoms with Gasteiger partial charge in [-0.05, 0) is 24.0 Å². The fourth-order valence-electron chi connectivity index (χ4n) is 2.67. The Bertz CT molecular complexity index is 564. The van der Waals surface area contributed by atoms with Crippen LogP contribution in [0.2, 0.25) is 0 Å². The van der Waals surface area contributed by atoms with Crippen LogP contribution < -0.4 is 11.1 Å². The molecule has 1 heterocycles. The average Bonchev–Trinajstić information content (AvgIpc) is 3.02. The van der Waals surface area contributed by atoms with Crippen LogP contribution in [0.4, 0.5) is 0 Å². The average molecular weight is 273 g/mol. The van der Waals surface area contributed by atoms with E-state index >= 15 is 0 Å². The minimum Gasteiger partial charge on any atom is -0.324 e. The summed E-state index contributed by atoms with van der Waals surface area (Å²) in [5.74, 6) is 0. The van der Waals surface area contributed by atoms with E-state index in [0.29, 0.717) is 6.04 Å². The summed E-state index contributed by atoms with van der Waals surface area (Å²) in [6, 6.07) is 9.00. The van der Waals surface area contributed by atoms with Crippen molar-refractivity contribution in [3.8, 4) is 0 Å². The molecule has 4 heteroatoms. The van der Waals surface area contributed by atoms with Crippen LogP contribution in [-0.2, 0) is 13.0 Å². The topological polar surface area (TPSA) is 50.9 Å². The Labute approximate surface area is 117 Å². The van der Waals surface area contributed by atoms with Gasteiger partial charge in [-0.3, -0.25) is 0 Å². The molecule has 0 saturated heterocycles. The van der Waals surface area contributed by atoms with Crippen molar-refractivity contribution >= 4 is 11.3 Å². The molecule has 0 amide bonds. The summed E-state index contributed by atoms with van der Waals surface area (Å²) >= 11 is 1.79. The van der Waals surface area contributed by atoms with Gasteiger partial charge in [0.05, 0.1) is 0 Å². The molecule has 0 bridgehead atoms. The number of aromatic nitrogens is 1. The standard InChI is InChI=1S/C15H19N3S/c1-2-10-8-18-15(19-10)9-17-14-7-13(16)11-5-3-4-6-12(11)14/h3-6,8,13-14,17H,2,7,9,16H2,1H3. The van der Waals surface area contributed by atoms with Crippen molar-refractivity contribution in [2.45, 2.75) is 38.4 Å². The lowest BCUT2D eigenvalue weighted by Crippen LogP contribution is -2.19. The number of rotatable bonds is 4. The van der Waals surface area contributed by atoms with Gasteiger partial charge in [-0.1, -0.05) is 31.2 Å². The summed E-state index contributed by atoms with van der Waals surface area (Å²) < 4.78 is 0. The van der Waals surface area contributed by atoms with Gasteiger partial charge in [0.25, 0.3) is 0 Å². The zero-order chi connectivity index (χ0) is 13.2. The first-order valence-corrected chi connectivity index (χ1v) is 7.61. The molecule has 2 atom stereocenters. The molecular weight excluding hydrogens is 254 g/mol. The molecule has 100 valence electrons. The SMILES string of the molecule is CCc1cnc(CNC2CC(N)c3ccccc32)s1. The predicted octanol–water partition coefficient (Wildman–Crippen LogP) is 2.94. The first kappa shape index (κ1) is 12.8. The molecule has 3 N–H and O–H groups in total. The predicted molar refractivity (Wildman–Crippen MR) is 79.1 cm³/mol. The minimum atomic E-state index is 0.163. The Morgan fingerprint density at radius 2 is 2.16 bits per heavy atom. The van der Waals surface area contributed by atoms with Crippen LogP contribution >= 0.6 is 11.3 Å². The fourth-order valence-corrected chi connectivity index (χ4v) is 3.48. The van der Waals surface area contributed by atoms with Crippen LogP contribution in [0.15, 0.2) is 30.5 Å². The van der Waals surface area contributed by atoms with E-state index in [2.05, 4.69) is 41.5 Å². The molecule has 2 unspecified atom stereocenters. The second kappa shape index (κ2) is 5.41. The summed E-state index contributed by atoms with van der Waals surface area (Å²) in [4.78, 5) is 5.80. The van der Waals surface area contributed by atoms with Crippen molar-refractivity contribution < 1.29 is 0 Å². The van der Waals surface area contributed by atoms with Gasteiger partial charge in [-0.25, -0.2) is 4.98 Å². The third-order valence-corrected chi connectivity index (χ3v) is 4.85. The Morgan fingerprint density at radius 3 is 2.89 bits per heavy atom. The monoisotopic (exact) mass is 273 g/mol. The van der Waals surface area contributed by atoms with E-state index in [1.807, 2.05) is 6.20 Å². The Kier molecular flexibility index (Phi) is 3.64. The van der Waals surface area contributed by atoms with Crippen molar-refractivity contribution in [1.82, 2.24) is 10.3 Å². The van der Waals surface area contributed by atoms with E-state index in [9.17, 15) is 0 Å². The number of nitrogens with two attached hydrogens (primary N) is 1. The normalized spacial score (nSPS) is 21.6. The molecule has 0 radical (unpaired) electrons. The maximum Gasteiger partial charge on any atom is 0.107 e. The highest BCUT2D eigenvalue weighted by atomic mass is 32.1. The van der Waals surface area contributed by atoms with Crippen molar-refractivity contribution in [3.05, 3.63) is 51.5 Å². The fraction of sp³-hybridized carbons (Fsp3) is 0.400. The molecule has 0 spiro atoms.